The lowest BCUT2D eigenvalue weighted by Gasteiger charge is -2.58. The number of hydrogen-bond donors (Lipinski definition) is 3. The molecule has 0 saturated carbocycles. The van der Waals surface area contributed by atoms with Gasteiger partial charge in [-0.1, -0.05) is 42.8 Å². The molecule has 2 aromatic rings. The molecule has 10 nitrogen and oxygen atoms in total. The summed E-state index contributed by atoms with van der Waals surface area (Å²) in [4.78, 5) is 58.5. The Morgan fingerprint density at radius 3 is 2.35 bits per heavy atom. The Morgan fingerprint density at radius 2 is 1.68 bits per heavy atom. The topological polar surface area (TPSA) is 148 Å². The SMILES string of the molecule is CC1=CC=C2C(C)(C)C(=O)C(Oc3ccccc3)=CC23Oc2c(cc(OP(=O)(O)O)c4c2C(=O)NC4=O)CC13C. The van der Waals surface area contributed by atoms with Gasteiger partial charge in [0.2, 0.25) is 5.78 Å². The van der Waals surface area contributed by atoms with E-state index in [1.54, 1.807) is 44.2 Å². The highest BCUT2D eigenvalue weighted by atomic mass is 31.2. The first kappa shape index (κ1) is 26.3. The van der Waals surface area contributed by atoms with Crippen LogP contribution in [0.3, 0.4) is 0 Å². The van der Waals surface area contributed by atoms with Crippen LogP contribution in [0.25, 0.3) is 0 Å². The van der Waals surface area contributed by atoms with Gasteiger partial charge < -0.3 is 14.0 Å². The minimum absolute atomic E-state index is 0.0787. The maximum Gasteiger partial charge on any atom is 0.524 e. The largest absolute Gasteiger partial charge is 0.524 e. The average Bonchev–Trinajstić information content (AvgIpc) is 3.16. The van der Waals surface area contributed by atoms with Crippen LogP contribution in [0.5, 0.6) is 17.2 Å². The molecule has 2 heterocycles. The van der Waals surface area contributed by atoms with Gasteiger partial charge in [0.1, 0.15) is 17.2 Å². The lowest BCUT2D eigenvalue weighted by atomic mass is 9.52. The molecule has 40 heavy (non-hydrogen) atoms. The fourth-order valence-corrected chi connectivity index (χ4v) is 6.61. The molecular weight excluding hydrogens is 537 g/mol. The van der Waals surface area contributed by atoms with E-state index in [2.05, 4.69) is 5.32 Å². The molecule has 0 aromatic heterocycles. The monoisotopic (exact) mass is 563 g/mol. The molecule has 1 spiro atoms. The standard InChI is InChI=1S/C29H26NO9P/c1-15-10-11-20-27(2,3)24(31)19(37-17-8-6-5-7-9-17)14-29(20)28(15,4)13-16-12-18(39-40(34,35)36)21-22(23(16)38-29)26(33)30-25(21)32/h5-12,14H,13H2,1-4H3,(H,30,32,33)(H2,34,35,36). The molecule has 2 aliphatic heterocycles. The van der Waals surface area contributed by atoms with Crippen molar-refractivity contribution in [3.63, 3.8) is 0 Å². The van der Waals surface area contributed by atoms with Crippen molar-refractivity contribution >= 4 is 25.4 Å². The third-order valence-corrected chi connectivity index (χ3v) is 8.82. The zero-order valence-corrected chi connectivity index (χ0v) is 23.0. The quantitative estimate of drug-likeness (QED) is 0.368. The normalized spacial score (nSPS) is 26.1. The number of amides is 2. The molecular formula is C29H26NO9P. The number of carbonyl (C=O) groups excluding carboxylic acids is 3. The fraction of sp³-hybridized carbons (Fsp3) is 0.276. The van der Waals surface area contributed by atoms with Crippen molar-refractivity contribution in [1.82, 2.24) is 5.32 Å². The third kappa shape index (κ3) is 3.56. The lowest BCUT2D eigenvalue weighted by Crippen LogP contribution is -2.62. The van der Waals surface area contributed by atoms with E-state index in [-0.39, 0.29) is 34.8 Å². The number of para-hydroxylation sites is 1. The summed E-state index contributed by atoms with van der Waals surface area (Å²) in [5.41, 5.74) is -1.73. The molecule has 3 N–H and O–H groups in total. The number of benzene rings is 2. The lowest BCUT2D eigenvalue weighted by molar-refractivity contribution is -0.127. The summed E-state index contributed by atoms with van der Waals surface area (Å²) in [6.45, 7) is 7.46. The Balaban J connectivity index is 1.62. The summed E-state index contributed by atoms with van der Waals surface area (Å²) >= 11 is 0. The first-order valence-corrected chi connectivity index (χ1v) is 14.1. The summed E-state index contributed by atoms with van der Waals surface area (Å²) in [7, 11) is -5.07. The average molecular weight is 563 g/mol. The number of phosphoric ester groups is 1. The molecule has 11 heteroatoms. The van der Waals surface area contributed by atoms with Gasteiger partial charge in [-0.05, 0) is 56.5 Å². The van der Waals surface area contributed by atoms with E-state index in [9.17, 15) is 28.7 Å². The Morgan fingerprint density at radius 1 is 1.00 bits per heavy atom. The van der Waals surface area contributed by atoms with E-state index >= 15 is 0 Å². The van der Waals surface area contributed by atoms with Gasteiger partial charge in [0.15, 0.2) is 11.4 Å². The van der Waals surface area contributed by atoms with Crippen LogP contribution in [0.1, 0.15) is 54.0 Å². The Kier molecular flexibility index (Phi) is 5.43. The van der Waals surface area contributed by atoms with Crippen molar-refractivity contribution in [2.75, 3.05) is 0 Å². The molecule has 0 saturated heterocycles. The Bertz CT molecular complexity index is 1680. The van der Waals surface area contributed by atoms with Gasteiger partial charge in [-0.2, -0.15) is 0 Å². The first-order valence-electron chi connectivity index (χ1n) is 12.6. The van der Waals surface area contributed by atoms with Crippen molar-refractivity contribution < 1.29 is 42.7 Å². The van der Waals surface area contributed by atoms with Crippen LogP contribution in [-0.4, -0.2) is 33.0 Å². The van der Waals surface area contributed by atoms with Crippen LogP contribution in [-0.2, 0) is 15.8 Å². The van der Waals surface area contributed by atoms with Crippen molar-refractivity contribution in [2.24, 2.45) is 10.8 Å². The highest BCUT2D eigenvalue weighted by molar-refractivity contribution is 7.46. The van der Waals surface area contributed by atoms with Crippen molar-refractivity contribution in [2.45, 2.75) is 39.7 Å². The van der Waals surface area contributed by atoms with Crippen LogP contribution in [0.2, 0.25) is 0 Å². The van der Waals surface area contributed by atoms with Gasteiger partial charge in [0.25, 0.3) is 11.8 Å². The Hall–Kier alpha value is -3.98. The third-order valence-electron chi connectivity index (χ3n) is 8.39. The number of rotatable bonds is 4. The highest BCUT2D eigenvalue weighted by Gasteiger charge is 2.64. The van der Waals surface area contributed by atoms with Crippen LogP contribution < -0.4 is 19.3 Å². The van der Waals surface area contributed by atoms with E-state index in [1.165, 1.54) is 6.07 Å². The summed E-state index contributed by atoms with van der Waals surface area (Å²) in [6.07, 6.45) is 5.66. The van der Waals surface area contributed by atoms with Gasteiger partial charge in [0.05, 0.1) is 16.5 Å². The molecule has 2 aromatic carbocycles. The van der Waals surface area contributed by atoms with Gasteiger partial charge in [-0.3, -0.25) is 29.5 Å². The number of allylic oxidation sites excluding steroid dienone is 3. The molecule has 6 rings (SSSR count). The molecule has 2 aliphatic carbocycles. The maximum atomic E-state index is 13.8. The zero-order chi connectivity index (χ0) is 28.8. The van der Waals surface area contributed by atoms with E-state index in [0.29, 0.717) is 16.9 Å². The number of ketones is 1. The summed E-state index contributed by atoms with van der Waals surface area (Å²) < 4.78 is 29.5. The number of hydrogen-bond acceptors (Lipinski definition) is 7. The molecule has 0 bridgehead atoms. The number of phosphoric acid groups is 1. The van der Waals surface area contributed by atoms with Crippen LogP contribution in [0.15, 0.2) is 71.5 Å². The second-order valence-corrected chi connectivity index (χ2v) is 12.3. The number of imide groups is 1. The molecule has 0 radical (unpaired) electrons. The molecule has 2 atom stereocenters. The van der Waals surface area contributed by atoms with E-state index in [0.717, 1.165) is 5.57 Å². The van der Waals surface area contributed by atoms with Crippen molar-refractivity contribution in [1.29, 1.82) is 0 Å². The smallest absolute Gasteiger partial charge is 0.476 e. The van der Waals surface area contributed by atoms with Crippen LogP contribution in [0.4, 0.5) is 0 Å². The van der Waals surface area contributed by atoms with Crippen molar-refractivity contribution in [3.05, 3.63) is 88.2 Å². The molecule has 206 valence electrons. The minimum atomic E-state index is -5.07. The zero-order valence-electron chi connectivity index (χ0n) is 22.1. The molecule has 2 unspecified atom stereocenters. The van der Waals surface area contributed by atoms with Crippen molar-refractivity contribution in [3.8, 4) is 17.2 Å². The predicted molar refractivity (Wildman–Crippen MR) is 142 cm³/mol. The van der Waals surface area contributed by atoms with Gasteiger partial charge in [0, 0.05) is 11.5 Å². The number of ether oxygens (including phenoxy) is 2. The number of carbonyl (C=O) groups is 3. The van der Waals surface area contributed by atoms with E-state index in [1.807, 2.05) is 32.1 Å². The number of Topliss-reactive ketones (excluding diaryl/α,β-unsaturated/α-hetero) is 1. The maximum absolute atomic E-state index is 13.8. The summed E-state index contributed by atoms with van der Waals surface area (Å²) in [5, 5.41) is 2.17. The highest BCUT2D eigenvalue weighted by Crippen LogP contribution is 2.62. The summed E-state index contributed by atoms with van der Waals surface area (Å²) in [5.74, 6) is -1.68. The molecule has 4 aliphatic rings. The molecule has 2 amide bonds. The van der Waals surface area contributed by atoms with Gasteiger partial charge >= 0.3 is 7.82 Å². The van der Waals surface area contributed by atoms with E-state index in [4.69, 9.17) is 14.0 Å². The second kappa shape index (κ2) is 8.27. The van der Waals surface area contributed by atoms with Crippen LogP contribution in [0, 0.1) is 10.8 Å². The number of nitrogens with one attached hydrogen (secondary N) is 1. The first-order chi connectivity index (χ1) is 18.7. The predicted octanol–water partition coefficient (Wildman–Crippen LogP) is 4.18. The van der Waals surface area contributed by atoms with Gasteiger partial charge in [-0.25, -0.2) is 4.57 Å². The van der Waals surface area contributed by atoms with E-state index < -0.39 is 41.8 Å². The number of fused-ring (bicyclic) bond motifs is 3. The molecule has 0 fully saturated rings. The van der Waals surface area contributed by atoms with Crippen LogP contribution >= 0.6 is 7.82 Å². The Labute approximate surface area is 229 Å². The minimum Gasteiger partial charge on any atom is -0.476 e. The fourth-order valence-electron chi connectivity index (χ4n) is 6.21. The van der Waals surface area contributed by atoms with Gasteiger partial charge in [-0.15, -0.1) is 0 Å². The second-order valence-electron chi connectivity index (χ2n) is 11.1. The summed E-state index contributed by atoms with van der Waals surface area (Å²) in [6, 6.07) is 10.2.